The largest absolute Gasteiger partial charge is 0.483 e. The topological polar surface area (TPSA) is 79.5 Å². The number of hydrogen-bond acceptors (Lipinski definition) is 4. The zero-order valence-electron chi connectivity index (χ0n) is 13.6. The lowest BCUT2D eigenvalue weighted by Gasteiger charge is -2.12. The van der Waals surface area contributed by atoms with Crippen LogP contribution in [0, 0.1) is 6.92 Å². The molecule has 0 saturated heterocycles. The zero-order chi connectivity index (χ0) is 19.1. The summed E-state index contributed by atoms with van der Waals surface area (Å²) in [7, 11) is 0. The molecule has 0 aliphatic carbocycles. The van der Waals surface area contributed by atoms with Gasteiger partial charge < -0.3 is 4.74 Å². The molecule has 0 heterocycles. The van der Waals surface area contributed by atoms with Gasteiger partial charge >= 0.3 is 0 Å². The number of ether oxygens (including phenoxy) is 1. The number of hydrazine groups is 1. The van der Waals surface area contributed by atoms with E-state index in [1.165, 1.54) is 0 Å². The quantitative estimate of drug-likeness (QED) is 0.487. The molecule has 0 atom stereocenters. The van der Waals surface area contributed by atoms with Gasteiger partial charge in [-0.05, 0) is 55.0 Å². The fraction of sp³-hybridized carbons (Fsp3) is 0.118. The van der Waals surface area contributed by atoms with Crippen molar-refractivity contribution in [1.29, 1.82) is 0 Å². The van der Waals surface area contributed by atoms with Gasteiger partial charge in [-0.1, -0.05) is 39.7 Å². The van der Waals surface area contributed by atoms with Gasteiger partial charge in [0.25, 0.3) is 11.8 Å². The lowest BCUT2D eigenvalue weighted by molar-refractivity contribution is -0.123. The Bertz CT molecular complexity index is 848. The third-order valence-corrected chi connectivity index (χ3v) is 4.18. The summed E-state index contributed by atoms with van der Waals surface area (Å²) < 4.78 is 6.36. The van der Waals surface area contributed by atoms with Crippen molar-refractivity contribution in [1.82, 2.24) is 16.2 Å². The molecule has 0 fully saturated rings. The second-order valence-corrected chi connectivity index (χ2v) is 6.87. The zero-order valence-corrected chi connectivity index (χ0v) is 16.8. The molecule has 0 aromatic heterocycles. The molecule has 2 aromatic rings. The Hall–Kier alpha value is -2.16. The van der Waals surface area contributed by atoms with Gasteiger partial charge in [-0.3, -0.25) is 25.8 Å². The summed E-state index contributed by atoms with van der Waals surface area (Å²) in [4.78, 5) is 23.8. The molecule has 2 rings (SSSR count). The maximum absolute atomic E-state index is 12.0. The SMILES string of the molecule is Cc1cc(Br)ccc1OCC(=O)NNC(=S)NC(=O)c1ccccc1Cl. The Kier molecular flexibility index (Phi) is 7.38. The van der Waals surface area contributed by atoms with Crippen molar-refractivity contribution >= 4 is 56.7 Å². The van der Waals surface area contributed by atoms with Crippen LogP contribution in [0.25, 0.3) is 0 Å². The van der Waals surface area contributed by atoms with Crippen molar-refractivity contribution in [3.63, 3.8) is 0 Å². The number of benzene rings is 2. The van der Waals surface area contributed by atoms with E-state index >= 15 is 0 Å². The number of amides is 2. The van der Waals surface area contributed by atoms with Crippen molar-refractivity contribution in [2.24, 2.45) is 0 Å². The van der Waals surface area contributed by atoms with Crippen LogP contribution in [-0.2, 0) is 4.79 Å². The lowest BCUT2D eigenvalue weighted by Crippen LogP contribution is -2.49. The summed E-state index contributed by atoms with van der Waals surface area (Å²) in [6.07, 6.45) is 0. The highest BCUT2D eigenvalue weighted by molar-refractivity contribution is 9.10. The summed E-state index contributed by atoms with van der Waals surface area (Å²) in [5, 5.41) is 2.65. The van der Waals surface area contributed by atoms with E-state index in [2.05, 4.69) is 32.1 Å². The number of nitrogens with one attached hydrogen (secondary N) is 3. The molecular formula is C17H15BrClN3O3S. The van der Waals surface area contributed by atoms with Gasteiger partial charge in [0, 0.05) is 4.47 Å². The minimum Gasteiger partial charge on any atom is -0.483 e. The highest BCUT2D eigenvalue weighted by atomic mass is 79.9. The van der Waals surface area contributed by atoms with Crippen LogP contribution in [0.3, 0.4) is 0 Å². The first-order valence-corrected chi connectivity index (χ1v) is 8.98. The first-order chi connectivity index (χ1) is 12.4. The molecule has 9 heteroatoms. The molecular weight excluding hydrogens is 442 g/mol. The number of rotatable bonds is 4. The van der Waals surface area contributed by atoms with Crippen LogP contribution < -0.4 is 20.9 Å². The number of hydrogen-bond donors (Lipinski definition) is 3. The van der Waals surface area contributed by atoms with E-state index in [9.17, 15) is 9.59 Å². The Labute approximate surface area is 169 Å². The van der Waals surface area contributed by atoms with Gasteiger partial charge in [0.2, 0.25) is 0 Å². The molecule has 0 unspecified atom stereocenters. The van der Waals surface area contributed by atoms with Gasteiger partial charge in [-0.25, -0.2) is 0 Å². The van der Waals surface area contributed by atoms with Gasteiger partial charge in [-0.2, -0.15) is 0 Å². The smallest absolute Gasteiger partial charge is 0.276 e. The predicted octanol–water partition coefficient (Wildman–Crippen LogP) is 3.13. The van der Waals surface area contributed by atoms with Crippen LogP contribution in [0.2, 0.25) is 5.02 Å². The van der Waals surface area contributed by atoms with E-state index in [0.717, 1.165) is 10.0 Å². The monoisotopic (exact) mass is 455 g/mol. The number of aryl methyl sites for hydroxylation is 1. The average Bonchev–Trinajstić information content (AvgIpc) is 2.59. The molecule has 3 N–H and O–H groups in total. The van der Waals surface area contributed by atoms with E-state index < -0.39 is 11.8 Å². The summed E-state index contributed by atoms with van der Waals surface area (Å²) in [6.45, 7) is 1.66. The minimum atomic E-state index is -0.482. The third-order valence-electron chi connectivity index (χ3n) is 3.16. The average molecular weight is 457 g/mol. The van der Waals surface area contributed by atoms with Gasteiger partial charge in [-0.15, -0.1) is 0 Å². The number of carbonyl (C=O) groups excluding carboxylic acids is 2. The van der Waals surface area contributed by atoms with E-state index in [0.29, 0.717) is 10.8 Å². The standard InChI is InChI=1S/C17H15BrClN3O3S/c1-10-8-11(18)6-7-14(10)25-9-15(23)21-22-17(26)20-16(24)12-4-2-3-5-13(12)19/h2-8H,9H2,1H3,(H,21,23)(H2,20,22,24,26). The highest BCUT2D eigenvalue weighted by Crippen LogP contribution is 2.21. The Morgan fingerprint density at radius 3 is 2.62 bits per heavy atom. The Morgan fingerprint density at radius 1 is 1.19 bits per heavy atom. The summed E-state index contributed by atoms with van der Waals surface area (Å²) in [5.41, 5.74) is 5.94. The molecule has 0 aliphatic heterocycles. The van der Waals surface area contributed by atoms with E-state index in [-0.39, 0.29) is 17.3 Å². The first-order valence-electron chi connectivity index (χ1n) is 7.40. The molecule has 0 bridgehead atoms. The van der Waals surface area contributed by atoms with Crippen molar-refractivity contribution < 1.29 is 14.3 Å². The Morgan fingerprint density at radius 2 is 1.92 bits per heavy atom. The number of thiocarbonyl (C=S) groups is 1. The molecule has 0 saturated carbocycles. The normalized spacial score (nSPS) is 9.96. The van der Waals surface area contributed by atoms with E-state index in [4.69, 9.17) is 28.6 Å². The molecule has 136 valence electrons. The minimum absolute atomic E-state index is 0.0666. The highest BCUT2D eigenvalue weighted by Gasteiger charge is 2.12. The van der Waals surface area contributed by atoms with Crippen molar-refractivity contribution in [2.45, 2.75) is 6.92 Å². The fourth-order valence-electron chi connectivity index (χ4n) is 1.93. The van der Waals surface area contributed by atoms with Crippen molar-refractivity contribution in [3.05, 3.63) is 63.1 Å². The fourth-order valence-corrected chi connectivity index (χ4v) is 2.77. The first kappa shape index (κ1) is 20.2. The second kappa shape index (κ2) is 9.51. The van der Waals surface area contributed by atoms with Crippen LogP contribution in [0.4, 0.5) is 0 Å². The van der Waals surface area contributed by atoms with Crippen LogP contribution in [0.15, 0.2) is 46.9 Å². The third kappa shape index (κ3) is 5.98. The van der Waals surface area contributed by atoms with E-state index in [1.807, 2.05) is 19.1 Å². The van der Waals surface area contributed by atoms with Gasteiger partial charge in [0.15, 0.2) is 11.7 Å². The molecule has 0 spiro atoms. The maximum atomic E-state index is 12.0. The van der Waals surface area contributed by atoms with E-state index in [1.54, 1.807) is 30.3 Å². The van der Waals surface area contributed by atoms with Crippen LogP contribution >= 0.6 is 39.7 Å². The Balaban J connectivity index is 1.77. The summed E-state index contributed by atoms with van der Waals surface area (Å²) in [5.74, 6) is -0.344. The van der Waals surface area contributed by atoms with Crippen molar-refractivity contribution in [2.75, 3.05) is 6.61 Å². The van der Waals surface area contributed by atoms with Gasteiger partial charge in [0.1, 0.15) is 5.75 Å². The molecule has 0 aliphatic rings. The predicted molar refractivity (Wildman–Crippen MR) is 107 cm³/mol. The maximum Gasteiger partial charge on any atom is 0.276 e. The molecule has 0 radical (unpaired) electrons. The van der Waals surface area contributed by atoms with Crippen molar-refractivity contribution in [3.8, 4) is 5.75 Å². The summed E-state index contributed by atoms with van der Waals surface area (Å²) >= 11 is 14.3. The molecule has 2 amide bonds. The lowest BCUT2D eigenvalue weighted by atomic mass is 10.2. The molecule has 6 nitrogen and oxygen atoms in total. The van der Waals surface area contributed by atoms with Gasteiger partial charge in [0.05, 0.1) is 10.6 Å². The summed E-state index contributed by atoms with van der Waals surface area (Å²) in [6, 6.07) is 12.0. The number of halogens is 2. The molecule has 2 aromatic carbocycles. The number of carbonyl (C=O) groups is 2. The molecule has 26 heavy (non-hydrogen) atoms. The van der Waals surface area contributed by atoms with Crippen LogP contribution in [-0.4, -0.2) is 23.5 Å². The van der Waals surface area contributed by atoms with Crippen LogP contribution in [0.1, 0.15) is 15.9 Å². The van der Waals surface area contributed by atoms with Crippen LogP contribution in [0.5, 0.6) is 5.75 Å². The second-order valence-electron chi connectivity index (χ2n) is 5.13.